The van der Waals surface area contributed by atoms with Crippen LogP contribution < -0.4 is 5.73 Å². The number of aromatic nitrogens is 4. The Bertz CT molecular complexity index is 1260. The lowest BCUT2D eigenvalue weighted by molar-refractivity contribution is 0.0118. The van der Waals surface area contributed by atoms with Crippen LogP contribution in [0.2, 0.25) is 0 Å². The van der Waals surface area contributed by atoms with Gasteiger partial charge in [-0.15, -0.1) is 11.3 Å². The maximum absolute atomic E-state index is 13.9. The van der Waals surface area contributed by atoms with E-state index in [0.29, 0.717) is 16.9 Å². The summed E-state index contributed by atoms with van der Waals surface area (Å²) in [5.74, 6) is -3.42. The number of pyridine rings is 1. The molecule has 7 nitrogen and oxygen atoms in total. The van der Waals surface area contributed by atoms with Crippen LogP contribution >= 0.6 is 11.3 Å². The van der Waals surface area contributed by atoms with Crippen molar-refractivity contribution in [2.45, 2.75) is 18.4 Å². The van der Waals surface area contributed by atoms with Crippen LogP contribution in [0.15, 0.2) is 54.3 Å². The third-order valence-corrected chi connectivity index (χ3v) is 6.23. The summed E-state index contributed by atoms with van der Waals surface area (Å²) in [6.45, 7) is -0.642. The highest BCUT2D eigenvalue weighted by atomic mass is 32.1. The Kier molecular flexibility index (Phi) is 4.75. The Labute approximate surface area is 180 Å². The molecule has 0 unspecified atom stereocenters. The number of hydrogen-bond acceptors (Lipinski definition) is 6. The normalized spacial score (nSPS) is 18.0. The van der Waals surface area contributed by atoms with Crippen LogP contribution in [0.4, 0.5) is 8.78 Å². The molecule has 4 aromatic heterocycles. The minimum atomic E-state index is -2.93. The first-order valence-electron chi connectivity index (χ1n) is 9.69. The zero-order chi connectivity index (χ0) is 21.6. The van der Waals surface area contributed by atoms with E-state index in [-0.39, 0.29) is 12.1 Å². The quantitative estimate of drug-likeness (QED) is 0.526. The molecule has 5 heterocycles. The smallest absolute Gasteiger partial charge is 0.267 e. The van der Waals surface area contributed by atoms with Crippen LogP contribution in [0.5, 0.6) is 0 Å². The Morgan fingerprint density at radius 1 is 1.29 bits per heavy atom. The summed E-state index contributed by atoms with van der Waals surface area (Å²) >= 11 is 1.58. The number of nitrogens with zero attached hydrogens (tertiary/aromatic N) is 5. The summed E-state index contributed by atoms with van der Waals surface area (Å²) in [5, 5.41) is 6.30. The summed E-state index contributed by atoms with van der Waals surface area (Å²) in [5.41, 5.74) is 8.44. The van der Waals surface area contributed by atoms with Crippen LogP contribution in [0.3, 0.4) is 0 Å². The molecule has 10 heteroatoms. The fourth-order valence-corrected chi connectivity index (χ4v) is 4.53. The molecule has 31 heavy (non-hydrogen) atoms. The van der Waals surface area contributed by atoms with Crippen molar-refractivity contribution < 1.29 is 13.6 Å². The van der Waals surface area contributed by atoms with Crippen LogP contribution in [0, 0.1) is 0 Å². The number of halogens is 2. The number of hydrogen-bond donors (Lipinski definition) is 1. The molecule has 0 spiro atoms. The van der Waals surface area contributed by atoms with Gasteiger partial charge < -0.3 is 10.6 Å². The number of carbonyl (C=O) groups excluding carboxylic acids is 1. The summed E-state index contributed by atoms with van der Waals surface area (Å²) in [6.07, 6.45) is 4.51. The Balaban J connectivity index is 1.51. The molecule has 1 aliphatic rings. The summed E-state index contributed by atoms with van der Waals surface area (Å²) in [7, 11) is 0. The van der Waals surface area contributed by atoms with Crippen molar-refractivity contribution in [2.75, 3.05) is 13.1 Å². The highest BCUT2D eigenvalue weighted by Crippen LogP contribution is 2.33. The second kappa shape index (κ2) is 7.47. The molecule has 4 aromatic rings. The molecule has 1 aliphatic heterocycles. The molecule has 0 bridgehead atoms. The predicted octanol–water partition coefficient (Wildman–Crippen LogP) is 3.33. The maximum atomic E-state index is 13.9. The molecule has 5 rings (SSSR count). The lowest BCUT2D eigenvalue weighted by Crippen LogP contribution is -2.40. The van der Waals surface area contributed by atoms with Crippen molar-refractivity contribution in [3.63, 3.8) is 0 Å². The highest BCUT2D eigenvalue weighted by molar-refractivity contribution is 7.13. The first kappa shape index (κ1) is 19.7. The van der Waals surface area contributed by atoms with Crippen molar-refractivity contribution >= 4 is 22.9 Å². The first-order valence-corrected chi connectivity index (χ1v) is 10.6. The van der Waals surface area contributed by atoms with Crippen molar-refractivity contribution in [1.29, 1.82) is 0 Å². The van der Waals surface area contributed by atoms with E-state index < -0.39 is 30.8 Å². The van der Waals surface area contributed by atoms with Gasteiger partial charge >= 0.3 is 0 Å². The minimum Gasteiger partial charge on any atom is -0.328 e. The fourth-order valence-electron chi connectivity index (χ4n) is 3.83. The van der Waals surface area contributed by atoms with Crippen LogP contribution in [-0.4, -0.2) is 55.4 Å². The van der Waals surface area contributed by atoms with Crippen molar-refractivity contribution in [3.8, 4) is 21.8 Å². The number of thiophene rings is 1. The van der Waals surface area contributed by atoms with Gasteiger partial charge in [0, 0.05) is 30.9 Å². The number of fused-ring (bicyclic) bond motifs is 1. The van der Waals surface area contributed by atoms with Crippen molar-refractivity contribution in [3.05, 3.63) is 59.9 Å². The van der Waals surface area contributed by atoms with Crippen LogP contribution in [0.25, 0.3) is 27.5 Å². The molecule has 0 aliphatic carbocycles. The number of nitrogens with two attached hydrogens (primary N) is 1. The molecule has 158 valence electrons. The Hall–Kier alpha value is -3.24. The van der Waals surface area contributed by atoms with Gasteiger partial charge in [0.2, 0.25) is 0 Å². The van der Waals surface area contributed by atoms with Gasteiger partial charge in [0.05, 0.1) is 40.6 Å². The second-order valence-electron chi connectivity index (χ2n) is 7.43. The molecule has 0 aromatic carbocycles. The third kappa shape index (κ3) is 3.57. The van der Waals surface area contributed by atoms with E-state index >= 15 is 0 Å². The molecule has 1 saturated heterocycles. The number of rotatable bonds is 4. The molecular formula is C21H18F2N6OS. The van der Waals surface area contributed by atoms with E-state index in [0.717, 1.165) is 15.5 Å². The standard InChI is InChI=1S/C21H18F2N6OS/c22-21(23)9-14(10-24)28(12-21)20(30)13-3-5-25-17(8-13)15-11-26-29-6-4-16(27-19(15)29)18-2-1-7-31-18/h1-8,11,14H,9-10,12,24H2/t14-/m1/s1. The monoisotopic (exact) mass is 440 g/mol. The average Bonchev–Trinajstić information content (AvgIpc) is 3.51. The highest BCUT2D eigenvalue weighted by Gasteiger charge is 2.46. The third-order valence-electron chi connectivity index (χ3n) is 5.34. The van der Waals surface area contributed by atoms with Gasteiger partial charge in [-0.25, -0.2) is 18.3 Å². The summed E-state index contributed by atoms with van der Waals surface area (Å²) in [6, 6.07) is 8.23. The van der Waals surface area contributed by atoms with Crippen molar-refractivity contribution in [2.24, 2.45) is 5.73 Å². The van der Waals surface area contributed by atoms with Gasteiger partial charge in [-0.05, 0) is 29.6 Å². The molecule has 0 saturated carbocycles. The first-order chi connectivity index (χ1) is 14.9. The van der Waals surface area contributed by atoms with E-state index in [9.17, 15) is 13.6 Å². The minimum absolute atomic E-state index is 0.0112. The van der Waals surface area contributed by atoms with Crippen LogP contribution in [0.1, 0.15) is 16.8 Å². The van der Waals surface area contributed by atoms with Crippen molar-refractivity contribution in [1.82, 2.24) is 24.5 Å². The van der Waals surface area contributed by atoms with E-state index in [4.69, 9.17) is 10.7 Å². The molecule has 1 atom stereocenters. The molecule has 0 radical (unpaired) electrons. The second-order valence-corrected chi connectivity index (χ2v) is 8.38. The Morgan fingerprint density at radius 3 is 2.94 bits per heavy atom. The largest absolute Gasteiger partial charge is 0.328 e. The SMILES string of the molecule is NC[C@H]1CC(F)(F)CN1C(=O)c1ccnc(-c2cnn3ccc(-c4cccs4)nc23)c1. The summed E-state index contributed by atoms with van der Waals surface area (Å²) in [4.78, 5) is 24.2. The number of alkyl halides is 2. The van der Waals surface area contributed by atoms with E-state index in [1.54, 1.807) is 28.1 Å². The summed E-state index contributed by atoms with van der Waals surface area (Å²) < 4.78 is 29.4. The van der Waals surface area contributed by atoms with Gasteiger partial charge in [0.1, 0.15) is 0 Å². The number of amides is 1. The average molecular weight is 440 g/mol. The van der Waals surface area contributed by atoms with Gasteiger partial charge in [-0.1, -0.05) is 6.07 Å². The maximum Gasteiger partial charge on any atom is 0.267 e. The van der Waals surface area contributed by atoms with Gasteiger partial charge in [0.25, 0.3) is 11.8 Å². The molecule has 1 amide bonds. The van der Waals surface area contributed by atoms with E-state index in [1.165, 1.54) is 12.3 Å². The van der Waals surface area contributed by atoms with Crippen LogP contribution in [-0.2, 0) is 0 Å². The predicted molar refractivity (Wildman–Crippen MR) is 113 cm³/mol. The Morgan fingerprint density at radius 2 is 2.16 bits per heavy atom. The van der Waals surface area contributed by atoms with Gasteiger partial charge in [0.15, 0.2) is 5.65 Å². The number of likely N-dealkylation sites (tertiary alicyclic amines) is 1. The molecule has 2 N–H and O–H groups in total. The van der Waals surface area contributed by atoms with E-state index in [2.05, 4.69) is 10.1 Å². The van der Waals surface area contributed by atoms with Gasteiger partial charge in [-0.2, -0.15) is 5.10 Å². The van der Waals surface area contributed by atoms with Gasteiger partial charge in [-0.3, -0.25) is 9.78 Å². The zero-order valence-corrected chi connectivity index (χ0v) is 17.1. The zero-order valence-electron chi connectivity index (χ0n) is 16.3. The fraction of sp³-hybridized carbons (Fsp3) is 0.238. The topological polar surface area (TPSA) is 89.4 Å². The molecule has 1 fully saturated rings. The number of carbonyl (C=O) groups is 1. The van der Waals surface area contributed by atoms with E-state index in [1.807, 2.05) is 29.8 Å². The lowest BCUT2D eigenvalue weighted by atomic mass is 10.1. The lowest BCUT2D eigenvalue weighted by Gasteiger charge is -2.22. The molecular weight excluding hydrogens is 422 g/mol.